The van der Waals surface area contributed by atoms with E-state index in [4.69, 9.17) is 0 Å². The highest BCUT2D eigenvalue weighted by molar-refractivity contribution is 9.10. The average molecular weight is 320 g/mol. The summed E-state index contributed by atoms with van der Waals surface area (Å²) in [6.07, 6.45) is 8.67. The van der Waals surface area contributed by atoms with Crippen molar-refractivity contribution in [2.75, 3.05) is 23.9 Å². The van der Waals surface area contributed by atoms with Gasteiger partial charge in [0.05, 0.1) is 11.9 Å². The van der Waals surface area contributed by atoms with Gasteiger partial charge in [0.2, 0.25) is 0 Å². The van der Waals surface area contributed by atoms with Gasteiger partial charge in [0, 0.05) is 6.54 Å². The molecule has 2 N–H and O–H groups in total. The molecule has 0 saturated carbocycles. The highest BCUT2D eigenvalue weighted by Crippen LogP contribution is 2.15. The smallest absolute Gasteiger partial charge is 0.280 e. The van der Waals surface area contributed by atoms with Crippen LogP contribution in [0.15, 0.2) is 15.5 Å². The highest BCUT2D eigenvalue weighted by Gasteiger charge is 2.02. The third-order valence-corrected chi connectivity index (χ3v) is 3.87. The van der Waals surface area contributed by atoms with Gasteiger partial charge in [-0.25, -0.2) is 5.10 Å². The van der Waals surface area contributed by atoms with Crippen molar-refractivity contribution in [1.29, 1.82) is 0 Å². The molecule has 0 aliphatic carbocycles. The topological polar surface area (TPSA) is 57.8 Å². The van der Waals surface area contributed by atoms with Crippen LogP contribution in [-0.4, -0.2) is 28.8 Å². The van der Waals surface area contributed by atoms with Crippen molar-refractivity contribution in [1.82, 2.24) is 10.2 Å². The molecular formula is C11H18BrN3OS. The summed E-state index contributed by atoms with van der Waals surface area (Å²) in [5.74, 6) is 1.25. The second kappa shape index (κ2) is 8.58. The van der Waals surface area contributed by atoms with Gasteiger partial charge in [-0.15, -0.1) is 0 Å². The number of aromatic amines is 1. The number of nitrogens with zero attached hydrogens (tertiary/aromatic N) is 1. The van der Waals surface area contributed by atoms with Gasteiger partial charge in [0.1, 0.15) is 4.47 Å². The van der Waals surface area contributed by atoms with Crippen LogP contribution < -0.4 is 10.9 Å². The maximum atomic E-state index is 11.2. The Morgan fingerprint density at radius 3 is 2.94 bits per heavy atom. The van der Waals surface area contributed by atoms with Crippen molar-refractivity contribution in [3.8, 4) is 0 Å². The van der Waals surface area contributed by atoms with Gasteiger partial charge in [0.25, 0.3) is 5.56 Å². The Kier molecular flexibility index (Phi) is 7.35. The Morgan fingerprint density at radius 2 is 2.18 bits per heavy atom. The summed E-state index contributed by atoms with van der Waals surface area (Å²) in [5.41, 5.74) is 0.563. The van der Waals surface area contributed by atoms with Gasteiger partial charge in [-0.3, -0.25) is 4.79 Å². The third-order valence-electron chi connectivity index (χ3n) is 2.39. The number of unbranched alkanes of at least 4 members (excludes halogenated alkanes) is 3. The Balaban J connectivity index is 2.18. The Hall–Kier alpha value is -0.490. The second-order valence-electron chi connectivity index (χ2n) is 3.76. The van der Waals surface area contributed by atoms with E-state index in [-0.39, 0.29) is 5.56 Å². The molecule has 4 nitrogen and oxygen atoms in total. The van der Waals surface area contributed by atoms with Gasteiger partial charge in [-0.2, -0.15) is 16.9 Å². The summed E-state index contributed by atoms with van der Waals surface area (Å²) in [6.45, 7) is 0.878. The second-order valence-corrected chi connectivity index (χ2v) is 5.54. The molecule has 17 heavy (non-hydrogen) atoms. The summed E-state index contributed by atoms with van der Waals surface area (Å²) < 4.78 is 0.523. The number of thioether (sulfide) groups is 1. The molecule has 6 heteroatoms. The maximum absolute atomic E-state index is 11.2. The minimum Gasteiger partial charge on any atom is -0.383 e. The van der Waals surface area contributed by atoms with E-state index in [2.05, 4.69) is 37.7 Å². The predicted octanol–water partition coefficient (Wildman–Crippen LogP) is 2.87. The van der Waals surface area contributed by atoms with E-state index in [9.17, 15) is 4.79 Å². The number of anilines is 1. The van der Waals surface area contributed by atoms with Gasteiger partial charge in [-0.1, -0.05) is 12.8 Å². The molecule has 0 amide bonds. The minimum absolute atomic E-state index is 0.199. The molecule has 1 rings (SSSR count). The van der Waals surface area contributed by atoms with Crippen LogP contribution in [0.3, 0.4) is 0 Å². The van der Waals surface area contributed by atoms with Crippen molar-refractivity contribution in [2.45, 2.75) is 25.7 Å². The van der Waals surface area contributed by atoms with E-state index in [1.807, 2.05) is 11.8 Å². The van der Waals surface area contributed by atoms with Crippen molar-refractivity contribution in [2.24, 2.45) is 0 Å². The fourth-order valence-corrected chi connectivity index (χ4v) is 2.28. The van der Waals surface area contributed by atoms with Gasteiger partial charge >= 0.3 is 0 Å². The Labute approximate surface area is 114 Å². The van der Waals surface area contributed by atoms with Crippen molar-refractivity contribution in [3.05, 3.63) is 21.0 Å². The Bertz CT molecular complexity index is 383. The summed E-state index contributed by atoms with van der Waals surface area (Å²) in [6, 6.07) is 0. The van der Waals surface area contributed by atoms with E-state index in [0.29, 0.717) is 4.47 Å². The quantitative estimate of drug-likeness (QED) is 0.723. The van der Waals surface area contributed by atoms with E-state index >= 15 is 0 Å². The molecule has 0 aromatic carbocycles. The first-order chi connectivity index (χ1) is 8.25. The molecule has 0 aliphatic rings. The molecule has 0 unspecified atom stereocenters. The molecule has 1 aromatic rings. The largest absolute Gasteiger partial charge is 0.383 e. The summed E-state index contributed by atoms with van der Waals surface area (Å²) in [4.78, 5) is 11.2. The number of aromatic nitrogens is 2. The molecule has 0 aliphatic heterocycles. The predicted molar refractivity (Wildman–Crippen MR) is 77.9 cm³/mol. The van der Waals surface area contributed by atoms with Crippen LogP contribution in [-0.2, 0) is 0 Å². The van der Waals surface area contributed by atoms with Crippen LogP contribution in [0.1, 0.15) is 25.7 Å². The molecule has 1 heterocycles. The van der Waals surface area contributed by atoms with Crippen molar-refractivity contribution < 1.29 is 0 Å². The molecule has 96 valence electrons. The molecule has 1 aromatic heterocycles. The monoisotopic (exact) mass is 319 g/mol. The highest BCUT2D eigenvalue weighted by atomic mass is 79.9. The lowest BCUT2D eigenvalue weighted by Gasteiger charge is -2.06. The number of nitrogens with one attached hydrogen (secondary N) is 2. The average Bonchev–Trinajstić information content (AvgIpc) is 2.33. The standard InChI is InChI=1S/C11H18BrN3OS/c1-17-7-5-3-2-4-6-13-9-8-14-15-11(16)10(9)12/h8H,2-7H2,1H3,(H2,13,15,16). The van der Waals surface area contributed by atoms with Crippen molar-refractivity contribution >= 4 is 33.4 Å². The first kappa shape index (κ1) is 14.6. The zero-order valence-corrected chi connectivity index (χ0v) is 12.4. The number of H-pyrrole nitrogens is 1. The van der Waals surface area contributed by atoms with Crippen LogP contribution in [0.4, 0.5) is 5.69 Å². The third kappa shape index (κ3) is 5.59. The molecule has 0 atom stereocenters. The molecule has 0 saturated heterocycles. The number of rotatable bonds is 8. The lowest BCUT2D eigenvalue weighted by molar-refractivity contribution is 0.688. The SMILES string of the molecule is CSCCCCCCNc1cn[nH]c(=O)c1Br. The maximum Gasteiger partial charge on any atom is 0.280 e. The van der Waals surface area contributed by atoms with Crippen LogP contribution in [0.25, 0.3) is 0 Å². The summed E-state index contributed by atoms with van der Waals surface area (Å²) in [7, 11) is 0. The van der Waals surface area contributed by atoms with Crippen LogP contribution in [0.5, 0.6) is 0 Å². The zero-order valence-electron chi connectivity index (χ0n) is 9.96. The molecular weight excluding hydrogens is 302 g/mol. The first-order valence-corrected chi connectivity index (χ1v) is 7.90. The van der Waals surface area contributed by atoms with Gasteiger partial charge < -0.3 is 5.32 Å². The van der Waals surface area contributed by atoms with Crippen molar-refractivity contribution in [3.63, 3.8) is 0 Å². The minimum atomic E-state index is -0.199. The van der Waals surface area contributed by atoms with E-state index in [1.165, 1.54) is 25.0 Å². The first-order valence-electron chi connectivity index (χ1n) is 5.71. The van der Waals surface area contributed by atoms with Gasteiger partial charge in [0.15, 0.2) is 0 Å². The van der Waals surface area contributed by atoms with E-state index in [0.717, 1.165) is 18.7 Å². The number of hydrogen-bond donors (Lipinski definition) is 2. The lowest BCUT2D eigenvalue weighted by Crippen LogP contribution is -2.12. The number of halogens is 1. The van der Waals surface area contributed by atoms with Crippen LogP contribution in [0, 0.1) is 0 Å². The van der Waals surface area contributed by atoms with E-state index in [1.54, 1.807) is 6.20 Å². The van der Waals surface area contributed by atoms with Crippen LogP contribution in [0.2, 0.25) is 0 Å². The molecule has 0 spiro atoms. The Morgan fingerprint density at radius 1 is 1.41 bits per heavy atom. The summed E-state index contributed by atoms with van der Waals surface area (Å²) >= 11 is 5.13. The normalized spacial score (nSPS) is 10.5. The number of hydrogen-bond acceptors (Lipinski definition) is 4. The fourth-order valence-electron chi connectivity index (χ4n) is 1.45. The molecule has 0 fully saturated rings. The summed E-state index contributed by atoms with van der Waals surface area (Å²) in [5, 5.41) is 9.33. The van der Waals surface area contributed by atoms with Gasteiger partial charge in [-0.05, 0) is 40.8 Å². The lowest BCUT2D eigenvalue weighted by atomic mass is 10.2. The fraction of sp³-hybridized carbons (Fsp3) is 0.636. The zero-order chi connectivity index (χ0) is 12.5. The van der Waals surface area contributed by atoms with Crippen LogP contribution >= 0.6 is 27.7 Å². The van der Waals surface area contributed by atoms with E-state index < -0.39 is 0 Å². The molecule has 0 radical (unpaired) electrons. The molecule has 0 bridgehead atoms.